The molecule has 1 rings (SSSR count). The lowest BCUT2D eigenvalue weighted by Crippen LogP contribution is -2.29. The van der Waals surface area contributed by atoms with E-state index in [0.717, 1.165) is 28.9 Å². The number of benzene rings is 1. The molecular formula is C16H24O3Si. The molecule has 4 heteroatoms. The number of allylic oxidation sites excluding steroid dienone is 1. The van der Waals surface area contributed by atoms with E-state index in [0.29, 0.717) is 0 Å². The zero-order chi connectivity index (χ0) is 15.3. The number of hydrogen-bond acceptors (Lipinski definition) is 3. The van der Waals surface area contributed by atoms with Crippen molar-refractivity contribution in [1.82, 2.24) is 0 Å². The number of carbonyl (C=O) groups is 1. The Hall–Kier alpha value is -1.55. The third-order valence-electron chi connectivity index (χ3n) is 2.74. The molecule has 0 bridgehead atoms. The van der Waals surface area contributed by atoms with Crippen LogP contribution in [0.1, 0.15) is 19.4 Å². The van der Waals surface area contributed by atoms with E-state index >= 15 is 0 Å². The molecule has 0 aromatic heterocycles. The maximum Gasteiger partial charge on any atom is 0.242 e. The van der Waals surface area contributed by atoms with E-state index in [1.807, 2.05) is 38.1 Å². The minimum Gasteiger partial charge on any atom is -0.542 e. The fraction of sp³-hybridized carbons (Fsp3) is 0.438. The first-order chi connectivity index (χ1) is 9.26. The van der Waals surface area contributed by atoms with Crippen LogP contribution >= 0.6 is 0 Å². The quantitative estimate of drug-likeness (QED) is 0.449. The molecule has 0 radical (unpaired) electrons. The molecule has 0 aliphatic rings. The Labute approximate surface area is 122 Å². The first-order valence-corrected chi connectivity index (χ1v) is 10.2. The van der Waals surface area contributed by atoms with Gasteiger partial charge >= 0.3 is 0 Å². The summed E-state index contributed by atoms with van der Waals surface area (Å²) < 4.78 is 11.4. The summed E-state index contributed by atoms with van der Waals surface area (Å²) in [4.78, 5) is 11.1. The molecule has 0 aliphatic heterocycles. The van der Waals surface area contributed by atoms with Gasteiger partial charge in [-0.3, -0.25) is 4.79 Å². The van der Waals surface area contributed by atoms with Gasteiger partial charge in [-0.2, -0.15) is 0 Å². The van der Waals surface area contributed by atoms with E-state index in [-0.39, 0.29) is 5.92 Å². The molecule has 110 valence electrons. The van der Waals surface area contributed by atoms with Crippen molar-refractivity contribution in [2.24, 2.45) is 5.92 Å². The molecule has 0 aliphatic carbocycles. The second kappa shape index (κ2) is 6.75. The Morgan fingerprint density at radius 2 is 1.85 bits per heavy atom. The summed E-state index contributed by atoms with van der Waals surface area (Å²) >= 11 is 0. The molecule has 0 fully saturated rings. The number of carbonyl (C=O) groups excluding carboxylic acids is 1. The van der Waals surface area contributed by atoms with Crippen LogP contribution in [0.2, 0.25) is 19.6 Å². The fourth-order valence-corrected chi connectivity index (χ4v) is 2.54. The van der Waals surface area contributed by atoms with E-state index in [2.05, 4.69) is 19.6 Å². The average molecular weight is 292 g/mol. The Morgan fingerprint density at radius 3 is 2.30 bits per heavy atom. The summed E-state index contributed by atoms with van der Waals surface area (Å²) in [6.07, 6.45) is 2.81. The van der Waals surface area contributed by atoms with Gasteiger partial charge in [0.1, 0.15) is 12.0 Å². The molecule has 3 nitrogen and oxygen atoms in total. The summed E-state index contributed by atoms with van der Waals surface area (Å²) in [6, 6.07) is 5.74. The third-order valence-corrected chi connectivity index (χ3v) is 3.57. The van der Waals surface area contributed by atoms with Crippen LogP contribution in [-0.2, 0) is 4.79 Å². The Morgan fingerprint density at radius 1 is 1.20 bits per heavy atom. The minimum atomic E-state index is -1.71. The zero-order valence-corrected chi connectivity index (χ0v) is 14.2. The van der Waals surface area contributed by atoms with Gasteiger partial charge in [0.2, 0.25) is 8.32 Å². The first-order valence-electron chi connectivity index (χ1n) is 6.80. The number of aldehydes is 1. The van der Waals surface area contributed by atoms with Crippen LogP contribution in [0.3, 0.4) is 0 Å². The van der Waals surface area contributed by atoms with Crippen LogP contribution < -0.4 is 9.16 Å². The van der Waals surface area contributed by atoms with Gasteiger partial charge in [0.15, 0.2) is 5.75 Å². The van der Waals surface area contributed by atoms with Crippen LogP contribution in [0.4, 0.5) is 0 Å². The van der Waals surface area contributed by atoms with Gasteiger partial charge in [0, 0.05) is 0 Å². The topological polar surface area (TPSA) is 35.5 Å². The molecule has 20 heavy (non-hydrogen) atoms. The average Bonchev–Trinajstić information content (AvgIpc) is 2.34. The van der Waals surface area contributed by atoms with Crippen molar-refractivity contribution in [2.75, 3.05) is 7.11 Å². The normalized spacial score (nSPS) is 12.4. The van der Waals surface area contributed by atoms with Crippen LogP contribution in [0.25, 0.3) is 6.08 Å². The van der Waals surface area contributed by atoms with Crippen molar-refractivity contribution in [1.29, 1.82) is 0 Å². The highest BCUT2D eigenvalue weighted by atomic mass is 28.4. The fourth-order valence-electron chi connectivity index (χ4n) is 1.72. The molecule has 1 aromatic carbocycles. The van der Waals surface area contributed by atoms with Gasteiger partial charge in [0.05, 0.1) is 7.11 Å². The number of methoxy groups -OCH3 is 1. The molecule has 1 aromatic rings. The van der Waals surface area contributed by atoms with Crippen molar-refractivity contribution in [3.05, 3.63) is 29.3 Å². The van der Waals surface area contributed by atoms with Crippen molar-refractivity contribution in [3.8, 4) is 11.5 Å². The van der Waals surface area contributed by atoms with Crippen LogP contribution in [0, 0.1) is 5.92 Å². The lowest BCUT2D eigenvalue weighted by atomic mass is 10.0. The van der Waals surface area contributed by atoms with Crippen molar-refractivity contribution < 1.29 is 14.0 Å². The van der Waals surface area contributed by atoms with Crippen LogP contribution in [-0.4, -0.2) is 21.7 Å². The molecular weight excluding hydrogens is 268 g/mol. The summed E-state index contributed by atoms with van der Waals surface area (Å²) in [7, 11) is -0.0771. The lowest BCUT2D eigenvalue weighted by Gasteiger charge is -2.21. The molecule has 0 amide bonds. The van der Waals surface area contributed by atoms with Crippen molar-refractivity contribution in [3.63, 3.8) is 0 Å². The highest BCUT2D eigenvalue weighted by Crippen LogP contribution is 2.31. The number of hydrogen-bond donors (Lipinski definition) is 0. The predicted octanol–water partition coefficient (Wildman–Crippen LogP) is 4.15. The van der Waals surface area contributed by atoms with Gasteiger partial charge in [-0.1, -0.05) is 19.9 Å². The monoisotopic (exact) mass is 292 g/mol. The molecule has 0 heterocycles. The van der Waals surface area contributed by atoms with E-state index < -0.39 is 8.32 Å². The Kier molecular flexibility index (Phi) is 5.57. The van der Waals surface area contributed by atoms with Crippen LogP contribution in [0.15, 0.2) is 23.8 Å². The Bertz CT molecular complexity index is 499. The van der Waals surface area contributed by atoms with Gasteiger partial charge in [-0.25, -0.2) is 0 Å². The van der Waals surface area contributed by atoms with Crippen LogP contribution in [0.5, 0.6) is 11.5 Å². The van der Waals surface area contributed by atoms with E-state index in [1.54, 1.807) is 7.11 Å². The van der Waals surface area contributed by atoms with Crippen molar-refractivity contribution >= 4 is 20.7 Å². The summed E-state index contributed by atoms with van der Waals surface area (Å²) in [5.74, 6) is 1.67. The van der Waals surface area contributed by atoms with E-state index in [9.17, 15) is 4.79 Å². The second-order valence-electron chi connectivity index (χ2n) is 6.04. The van der Waals surface area contributed by atoms with Gasteiger partial charge in [0.25, 0.3) is 0 Å². The molecule has 0 N–H and O–H groups in total. The maximum atomic E-state index is 11.1. The molecule has 0 spiro atoms. The zero-order valence-electron chi connectivity index (χ0n) is 13.2. The summed E-state index contributed by atoms with van der Waals surface area (Å²) in [5.41, 5.74) is 1.73. The van der Waals surface area contributed by atoms with E-state index in [1.165, 1.54) is 0 Å². The van der Waals surface area contributed by atoms with Gasteiger partial charge in [-0.15, -0.1) is 0 Å². The molecule has 0 atom stereocenters. The maximum absolute atomic E-state index is 11.1. The standard InChI is InChI=1S/C16H24O3Si/c1-12(2)14(11-17)9-13-7-8-15(18-3)16(10-13)19-20(4,5)6/h7-12H,1-6H3/b14-9+. The first kappa shape index (κ1) is 16.5. The molecule has 0 unspecified atom stereocenters. The van der Waals surface area contributed by atoms with Gasteiger partial charge < -0.3 is 9.16 Å². The minimum absolute atomic E-state index is 0.205. The third kappa shape index (κ3) is 4.85. The highest BCUT2D eigenvalue weighted by molar-refractivity contribution is 6.70. The largest absolute Gasteiger partial charge is 0.542 e. The summed E-state index contributed by atoms with van der Waals surface area (Å²) in [6.45, 7) is 10.4. The highest BCUT2D eigenvalue weighted by Gasteiger charge is 2.19. The van der Waals surface area contributed by atoms with E-state index in [4.69, 9.17) is 9.16 Å². The predicted molar refractivity (Wildman–Crippen MR) is 85.8 cm³/mol. The molecule has 0 saturated heterocycles. The molecule has 0 saturated carbocycles. The van der Waals surface area contributed by atoms with Gasteiger partial charge in [-0.05, 0) is 54.9 Å². The number of ether oxygens (including phenoxy) is 1. The second-order valence-corrected chi connectivity index (χ2v) is 10.5. The summed E-state index contributed by atoms with van der Waals surface area (Å²) in [5, 5.41) is 0. The lowest BCUT2D eigenvalue weighted by molar-refractivity contribution is -0.105. The van der Waals surface area contributed by atoms with Crippen molar-refractivity contribution in [2.45, 2.75) is 33.5 Å². The number of rotatable bonds is 6. The Balaban J connectivity index is 3.18. The smallest absolute Gasteiger partial charge is 0.242 e. The SMILES string of the molecule is COc1ccc(/C=C(\C=O)C(C)C)cc1O[Si](C)(C)C.